The van der Waals surface area contributed by atoms with Crippen molar-refractivity contribution in [2.24, 2.45) is 5.41 Å². The van der Waals surface area contributed by atoms with Crippen molar-refractivity contribution >= 4 is 29.1 Å². The van der Waals surface area contributed by atoms with Gasteiger partial charge in [-0.15, -0.1) is 6.58 Å². The molecule has 0 bridgehead atoms. The highest BCUT2D eigenvalue weighted by atomic mass is 35.5. The van der Waals surface area contributed by atoms with Gasteiger partial charge >= 0.3 is 0 Å². The minimum atomic E-state index is -0.658. The molecule has 0 radical (unpaired) electrons. The van der Waals surface area contributed by atoms with Crippen molar-refractivity contribution in [2.45, 2.75) is 64.1 Å². The summed E-state index contributed by atoms with van der Waals surface area (Å²) in [4.78, 5) is 15.9. The molecule has 3 rings (SSSR count). The molecule has 1 aliphatic rings. The predicted octanol–water partition coefficient (Wildman–Crippen LogP) is 6.79. The normalized spacial score (nSPS) is 25.9. The molecule has 0 aliphatic carbocycles. The number of allylic oxidation sites excluding steroid dienone is 1. The summed E-state index contributed by atoms with van der Waals surface area (Å²) in [5, 5.41) is 12.0. The van der Waals surface area contributed by atoms with Crippen molar-refractivity contribution < 1.29 is 9.90 Å². The number of carbonyl (C=O) groups excluding carboxylic acids is 1. The predicted molar refractivity (Wildman–Crippen MR) is 129 cm³/mol. The van der Waals surface area contributed by atoms with E-state index in [9.17, 15) is 9.90 Å². The van der Waals surface area contributed by atoms with Crippen molar-refractivity contribution in [1.82, 2.24) is 4.90 Å². The summed E-state index contributed by atoms with van der Waals surface area (Å²) < 4.78 is 0. The van der Waals surface area contributed by atoms with Crippen LogP contribution in [0.15, 0.2) is 61.2 Å². The summed E-state index contributed by atoms with van der Waals surface area (Å²) >= 11 is 12.5. The molecule has 0 aromatic heterocycles. The maximum absolute atomic E-state index is 14.0. The van der Waals surface area contributed by atoms with Crippen LogP contribution in [0.2, 0.25) is 10.0 Å². The Balaban J connectivity index is 2.24. The number of halogens is 2. The summed E-state index contributed by atoms with van der Waals surface area (Å²) in [6.45, 7) is 9.68. The fraction of sp³-hybridized carbons (Fsp3) is 0.423. The second kappa shape index (κ2) is 9.77. The van der Waals surface area contributed by atoms with E-state index in [0.29, 0.717) is 29.3 Å². The molecule has 1 heterocycles. The van der Waals surface area contributed by atoms with Gasteiger partial charge in [0.2, 0.25) is 5.91 Å². The Labute approximate surface area is 195 Å². The third-order valence-corrected chi connectivity index (χ3v) is 7.00. The summed E-state index contributed by atoms with van der Waals surface area (Å²) in [6.07, 6.45) is 3.05. The maximum Gasteiger partial charge on any atom is 0.229 e. The number of nitrogens with zero attached hydrogens (tertiary/aromatic N) is 1. The molecule has 166 valence electrons. The third-order valence-electron chi connectivity index (χ3n) is 6.52. The average molecular weight is 460 g/mol. The lowest BCUT2D eigenvalue weighted by atomic mass is 9.67. The Morgan fingerprint density at radius 1 is 1.19 bits per heavy atom. The largest absolute Gasteiger partial charge is 0.391 e. The van der Waals surface area contributed by atoms with Crippen molar-refractivity contribution in [3.8, 4) is 0 Å². The minimum absolute atomic E-state index is 0.00956. The first-order chi connectivity index (χ1) is 14.7. The van der Waals surface area contributed by atoms with Gasteiger partial charge in [-0.25, -0.2) is 0 Å². The van der Waals surface area contributed by atoms with Crippen LogP contribution in [0.5, 0.6) is 0 Å². The Morgan fingerprint density at radius 3 is 2.42 bits per heavy atom. The molecule has 5 atom stereocenters. The van der Waals surface area contributed by atoms with Crippen LogP contribution < -0.4 is 0 Å². The standard InChI is InChI=1S/C26H31Cl2NO2/c1-5-14-26(4)16-22(19-8-7-9-21(28)15-19)24(18-10-12-20(27)13-11-18)29(25(26)31)23(6-2)17(3)30/h5,7-13,15,17,22-24,30H,1,6,14,16H2,2-4H3/t17?,22-,23+,24-,26+/m1/s1. The van der Waals surface area contributed by atoms with Gasteiger partial charge in [-0.1, -0.05) is 67.4 Å². The minimum Gasteiger partial charge on any atom is -0.391 e. The van der Waals surface area contributed by atoms with Gasteiger partial charge in [-0.05, 0) is 61.6 Å². The molecule has 1 fully saturated rings. The second-order valence-electron chi connectivity index (χ2n) is 8.84. The molecule has 1 aliphatic heterocycles. The zero-order valence-electron chi connectivity index (χ0n) is 18.4. The van der Waals surface area contributed by atoms with Gasteiger partial charge in [0.1, 0.15) is 0 Å². The van der Waals surface area contributed by atoms with Gasteiger partial charge in [-0.2, -0.15) is 0 Å². The number of amides is 1. The summed E-state index contributed by atoms with van der Waals surface area (Å²) in [6, 6.07) is 15.0. The molecule has 31 heavy (non-hydrogen) atoms. The molecule has 2 aromatic carbocycles. The van der Waals surface area contributed by atoms with E-state index >= 15 is 0 Å². The van der Waals surface area contributed by atoms with E-state index in [0.717, 1.165) is 11.1 Å². The number of carbonyl (C=O) groups is 1. The van der Waals surface area contributed by atoms with Crippen LogP contribution in [0.3, 0.4) is 0 Å². The summed E-state index contributed by atoms with van der Waals surface area (Å²) in [7, 11) is 0. The number of piperidine rings is 1. The van der Waals surface area contributed by atoms with Crippen LogP contribution >= 0.6 is 23.2 Å². The van der Waals surface area contributed by atoms with E-state index < -0.39 is 11.5 Å². The molecule has 3 nitrogen and oxygen atoms in total. The van der Waals surface area contributed by atoms with Gasteiger partial charge in [-0.3, -0.25) is 4.79 Å². The smallest absolute Gasteiger partial charge is 0.229 e. The van der Waals surface area contributed by atoms with Crippen LogP contribution in [-0.2, 0) is 4.79 Å². The van der Waals surface area contributed by atoms with E-state index in [2.05, 4.69) is 12.6 Å². The quantitative estimate of drug-likeness (QED) is 0.462. The summed E-state index contributed by atoms with van der Waals surface area (Å²) in [5.74, 6) is 0.0636. The molecular formula is C26H31Cl2NO2. The number of rotatable bonds is 7. The molecule has 1 saturated heterocycles. The Bertz CT molecular complexity index is 927. The molecule has 1 unspecified atom stereocenters. The third kappa shape index (κ3) is 4.84. The van der Waals surface area contributed by atoms with Crippen LogP contribution in [-0.4, -0.2) is 28.1 Å². The van der Waals surface area contributed by atoms with E-state index in [1.54, 1.807) is 6.92 Å². The van der Waals surface area contributed by atoms with Crippen LogP contribution in [0.1, 0.15) is 63.1 Å². The number of aliphatic hydroxyl groups excluding tert-OH is 1. The molecule has 5 heteroatoms. The molecular weight excluding hydrogens is 429 g/mol. The van der Waals surface area contributed by atoms with E-state index in [4.69, 9.17) is 23.2 Å². The number of aliphatic hydroxyl groups is 1. The maximum atomic E-state index is 14.0. The highest BCUT2D eigenvalue weighted by Crippen LogP contribution is 2.52. The SMILES string of the molecule is C=CC[C@@]1(C)C[C@H](c2cccc(Cl)c2)[C@@H](c2ccc(Cl)cc2)N([C@@H](CC)C(C)O)C1=O. The van der Waals surface area contributed by atoms with Crippen molar-refractivity contribution in [2.75, 3.05) is 0 Å². The number of likely N-dealkylation sites (tertiary alicyclic amines) is 1. The fourth-order valence-corrected chi connectivity index (χ4v) is 5.35. The van der Waals surface area contributed by atoms with Crippen molar-refractivity contribution in [3.63, 3.8) is 0 Å². The molecule has 0 saturated carbocycles. The van der Waals surface area contributed by atoms with Gasteiger partial charge in [0.15, 0.2) is 0 Å². The first-order valence-electron chi connectivity index (χ1n) is 10.8. The van der Waals surface area contributed by atoms with Gasteiger partial charge in [0.05, 0.1) is 23.6 Å². The Hall–Kier alpha value is -1.81. The van der Waals surface area contributed by atoms with E-state index in [-0.39, 0.29) is 23.9 Å². The lowest BCUT2D eigenvalue weighted by molar-refractivity contribution is -0.158. The van der Waals surface area contributed by atoms with Crippen molar-refractivity contribution in [3.05, 3.63) is 82.4 Å². The topological polar surface area (TPSA) is 40.5 Å². The zero-order chi connectivity index (χ0) is 22.8. The van der Waals surface area contributed by atoms with Gasteiger partial charge < -0.3 is 10.0 Å². The number of benzene rings is 2. The lowest BCUT2D eigenvalue weighted by Gasteiger charge is -2.52. The highest BCUT2D eigenvalue weighted by Gasteiger charge is 2.51. The molecule has 0 spiro atoms. The van der Waals surface area contributed by atoms with Crippen LogP contribution in [0.4, 0.5) is 0 Å². The van der Waals surface area contributed by atoms with E-state index in [1.165, 1.54) is 0 Å². The number of hydrogen-bond acceptors (Lipinski definition) is 2. The Kier molecular flexibility index (Phi) is 7.51. The first-order valence-corrected chi connectivity index (χ1v) is 11.6. The monoisotopic (exact) mass is 459 g/mol. The lowest BCUT2D eigenvalue weighted by Crippen LogP contribution is -2.57. The van der Waals surface area contributed by atoms with Gasteiger partial charge in [0, 0.05) is 16.0 Å². The first kappa shape index (κ1) is 23.8. The van der Waals surface area contributed by atoms with Crippen LogP contribution in [0.25, 0.3) is 0 Å². The molecule has 2 aromatic rings. The summed E-state index contributed by atoms with van der Waals surface area (Å²) in [5.41, 5.74) is 1.48. The highest BCUT2D eigenvalue weighted by molar-refractivity contribution is 6.30. The molecule has 1 N–H and O–H groups in total. The van der Waals surface area contributed by atoms with Crippen molar-refractivity contribution in [1.29, 1.82) is 0 Å². The van der Waals surface area contributed by atoms with Gasteiger partial charge in [0.25, 0.3) is 0 Å². The Morgan fingerprint density at radius 2 is 1.87 bits per heavy atom. The average Bonchev–Trinajstić information content (AvgIpc) is 2.72. The van der Waals surface area contributed by atoms with Crippen LogP contribution in [0, 0.1) is 5.41 Å². The zero-order valence-corrected chi connectivity index (χ0v) is 19.9. The second-order valence-corrected chi connectivity index (χ2v) is 9.72. The fourth-order valence-electron chi connectivity index (χ4n) is 5.02. The number of hydrogen-bond donors (Lipinski definition) is 1. The van der Waals surface area contributed by atoms with E-state index in [1.807, 2.05) is 67.3 Å². The molecule has 1 amide bonds.